The van der Waals surface area contributed by atoms with E-state index in [1.165, 1.54) is 5.56 Å². The van der Waals surface area contributed by atoms with Crippen LogP contribution in [0, 0.1) is 5.92 Å². The number of nitrogens with zero attached hydrogens (tertiary/aromatic N) is 3. The summed E-state index contributed by atoms with van der Waals surface area (Å²) >= 11 is 0. The van der Waals surface area contributed by atoms with Crippen molar-refractivity contribution in [2.24, 2.45) is 5.92 Å². The highest BCUT2D eigenvalue weighted by Crippen LogP contribution is 2.29. The molecule has 0 saturated carbocycles. The molecule has 27 heavy (non-hydrogen) atoms. The van der Waals surface area contributed by atoms with Gasteiger partial charge in [0, 0.05) is 24.3 Å². The summed E-state index contributed by atoms with van der Waals surface area (Å²) in [5.41, 5.74) is 4.91. The fourth-order valence-electron chi connectivity index (χ4n) is 4.21. The van der Waals surface area contributed by atoms with Crippen LogP contribution in [0.25, 0.3) is 5.69 Å². The molecule has 1 aromatic heterocycles. The largest absolute Gasteiger partial charge is 0.481 e. The highest BCUT2D eigenvalue weighted by Gasteiger charge is 2.33. The van der Waals surface area contributed by atoms with E-state index in [9.17, 15) is 14.7 Å². The SMILES string of the molecule is CCc1ccc(-n2nc(C(=O)N3CCCC(C(=O)O)C3)c3c2CCC3)cc1. The molecule has 2 heterocycles. The summed E-state index contributed by atoms with van der Waals surface area (Å²) < 4.78 is 1.91. The number of rotatable bonds is 4. The Kier molecular flexibility index (Phi) is 4.72. The molecule has 1 amide bonds. The molecule has 6 heteroatoms. The van der Waals surface area contributed by atoms with Crippen molar-refractivity contribution in [1.82, 2.24) is 14.7 Å². The minimum Gasteiger partial charge on any atom is -0.481 e. The molecule has 0 radical (unpaired) electrons. The van der Waals surface area contributed by atoms with Crippen LogP contribution in [-0.2, 0) is 24.1 Å². The number of aryl methyl sites for hydroxylation is 1. The molecule has 2 aromatic rings. The average molecular weight is 367 g/mol. The number of carboxylic acid groups (broad SMARTS) is 1. The maximum absolute atomic E-state index is 13.1. The lowest BCUT2D eigenvalue weighted by Gasteiger charge is -2.30. The van der Waals surface area contributed by atoms with Gasteiger partial charge in [0.25, 0.3) is 5.91 Å². The van der Waals surface area contributed by atoms with Crippen molar-refractivity contribution >= 4 is 11.9 Å². The number of amides is 1. The lowest BCUT2D eigenvalue weighted by Crippen LogP contribution is -2.42. The van der Waals surface area contributed by atoms with Gasteiger partial charge in [0.15, 0.2) is 5.69 Å². The molecule has 1 atom stereocenters. The summed E-state index contributed by atoms with van der Waals surface area (Å²) in [6.07, 6.45) is 5.15. The highest BCUT2D eigenvalue weighted by molar-refractivity contribution is 5.94. The minimum absolute atomic E-state index is 0.122. The number of carbonyl (C=O) groups excluding carboxylic acids is 1. The van der Waals surface area contributed by atoms with Gasteiger partial charge < -0.3 is 10.0 Å². The number of hydrogen-bond acceptors (Lipinski definition) is 3. The fourth-order valence-corrected chi connectivity index (χ4v) is 4.21. The van der Waals surface area contributed by atoms with Crippen LogP contribution < -0.4 is 0 Å². The molecule has 1 fully saturated rings. The number of aromatic nitrogens is 2. The van der Waals surface area contributed by atoms with Crippen molar-refractivity contribution < 1.29 is 14.7 Å². The van der Waals surface area contributed by atoms with Crippen LogP contribution in [0.1, 0.15) is 53.5 Å². The van der Waals surface area contributed by atoms with Crippen molar-refractivity contribution in [3.63, 3.8) is 0 Å². The molecule has 1 unspecified atom stereocenters. The first kappa shape index (κ1) is 17.8. The van der Waals surface area contributed by atoms with Gasteiger partial charge in [0.1, 0.15) is 0 Å². The fraction of sp³-hybridized carbons (Fsp3) is 0.476. The van der Waals surface area contributed by atoms with E-state index < -0.39 is 11.9 Å². The van der Waals surface area contributed by atoms with Gasteiger partial charge in [-0.15, -0.1) is 0 Å². The number of carboxylic acids is 1. The van der Waals surface area contributed by atoms with Crippen LogP contribution in [-0.4, -0.2) is 44.8 Å². The van der Waals surface area contributed by atoms with Crippen LogP contribution in [0.2, 0.25) is 0 Å². The quantitative estimate of drug-likeness (QED) is 0.902. The van der Waals surface area contributed by atoms with E-state index >= 15 is 0 Å². The first-order valence-corrected chi connectivity index (χ1v) is 9.80. The van der Waals surface area contributed by atoms with Crippen LogP contribution in [0.4, 0.5) is 0 Å². The van der Waals surface area contributed by atoms with Crippen LogP contribution >= 0.6 is 0 Å². The zero-order valence-electron chi connectivity index (χ0n) is 15.6. The number of aliphatic carboxylic acids is 1. The van der Waals surface area contributed by atoms with Crippen molar-refractivity contribution in [1.29, 1.82) is 0 Å². The third-order valence-electron chi connectivity index (χ3n) is 5.78. The van der Waals surface area contributed by atoms with E-state index in [-0.39, 0.29) is 12.5 Å². The molecule has 1 saturated heterocycles. The Morgan fingerprint density at radius 3 is 2.67 bits per heavy atom. The lowest BCUT2D eigenvalue weighted by atomic mass is 9.98. The molecule has 1 aliphatic heterocycles. The monoisotopic (exact) mass is 367 g/mol. The number of likely N-dealkylation sites (tertiary alicyclic amines) is 1. The molecule has 2 aliphatic rings. The first-order valence-electron chi connectivity index (χ1n) is 9.80. The zero-order valence-corrected chi connectivity index (χ0v) is 15.6. The van der Waals surface area contributed by atoms with Crippen molar-refractivity contribution in [3.8, 4) is 5.69 Å². The van der Waals surface area contributed by atoms with E-state index in [1.807, 2.05) is 4.68 Å². The Bertz CT molecular complexity index is 870. The Balaban J connectivity index is 1.65. The number of carbonyl (C=O) groups is 2. The molecular weight excluding hydrogens is 342 g/mol. The smallest absolute Gasteiger partial charge is 0.308 e. The van der Waals surface area contributed by atoms with Gasteiger partial charge in [-0.05, 0) is 56.2 Å². The van der Waals surface area contributed by atoms with E-state index in [0.29, 0.717) is 18.7 Å². The number of hydrogen-bond donors (Lipinski definition) is 1. The standard InChI is InChI=1S/C21H25N3O3/c1-2-14-8-10-16(11-9-14)24-18-7-3-6-17(18)19(22-24)20(25)23-12-4-5-15(13-23)21(26)27/h8-11,15H,2-7,12-13H2,1H3,(H,26,27). The number of piperidine rings is 1. The topological polar surface area (TPSA) is 75.4 Å². The van der Waals surface area contributed by atoms with Gasteiger partial charge in [-0.2, -0.15) is 5.10 Å². The molecule has 0 spiro atoms. The summed E-state index contributed by atoms with van der Waals surface area (Å²) in [5.74, 6) is -1.42. The maximum Gasteiger partial charge on any atom is 0.308 e. The van der Waals surface area contributed by atoms with Gasteiger partial charge in [-0.25, -0.2) is 4.68 Å². The van der Waals surface area contributed by atoms with Crippen LogP contribution in [0.3, 0.4) is 0 Å². The average Bonchev–Trinajstić information content (AvgIpc) is 3.30. The second-order valence-electron chi connectivity index (χ2n) is 7.49. The van der Waals surface area contributed by atoms with Gasteiger partial charge in [-0.1, -0.05) is 19.1 Å². The summed E-state index contributed by atoms with van der Waals surface area (Å²) in [4.78, 5) is 26.1. The molecule has 1 aromatic carbocycles. The second-order valence-corrected chi connectivity index (χ2v) is 7.49. The van der Waals surface area contributed by atoms with E-state index in [2.05, 4.69) is 36.3 Å². The Hall–Kier alpha value is -2.63. The van der Waals surface area contributed by atoms with Gasteiger partial charge in [-0.3, -0.25) is 9.59 Å². The van der Waals surface area contributed by atoms with Crippen LogP contribution in [0.5, 0.6) is 0 Å². The number of fused-ring (bicyclic) bond motifs is 1. The third-order valence-corrected chi connectivity index (χ3v) is 5.78. The maximum atomic E-state index is 13.1. The number of benzene rings is 1. The highest BCUT2D eigenvalue weighted by atomic mass is 16.4. The second kappa shape index (κ2) is 7.18. The molecule has 1 aliphatic carbocycles. The summed E-state index contributed by atoms with van der Waals surface area (Å²) in [5, 5.41) is 14.0. The Labute approximate surface area is 158 Å². The van der Waals surface area contributed by atoms with Gasteiger partial charge in [0.05, 0.1) is 11.6 Å². The van der Waals surface area contributed by atoms with Crippen molar-refractivity contribution in [2.45, 2.75) is 45.4 Å². The summed E-state index contributed by atoms with van der Waals surface area (Å²) in [6, 6.07) is 8.31. The lowest BCUT2D eigenvalue weighted by molar-refractivity contribution is -0.143. The summed E-state index contributed by atoms with van der Waals surface area (Å²) in [6.45, 7) is 3.01. The van der Waals surface area contributed by atoms with E-state index in [4.69, 9.17) is 0 Å². The molecule has 6 nitrogen and oxygen atoms in total. The molecular formula is C21H25N3O3. The van der Waals surface area contributed by atoms with Crippen molar-refractivity contribution in [2.75, 3.05) is 13.1 Å². The Morgan fingerprint density at radius 2 is 1.96 bits per heavy atom. The molecule has 4 rings (SSSR count). The zero-order chi connectivity index (χ0) is 19.0. The summed E-state index contributed by atoms with van der Waals surface area (Å²) in [7, 11) is 0. The predicted octanol–water partition coefficient (Wildman–Crippen LogP) is 2.86. The van der Waals surface area contributed by atoms with E-state index in [0.717, 1.165) is 49.0 Å². The van der Waals surface area contributed by atoms with Gasteiger partial charge in [0.2, 0.25) is 0 Å². The molecule has 0 bridgehead atoms. The van der Waals surface area contributed by atoms with Gasteiger partial charge >= 0.3 is 5.97 Å². The Morgan fingerprint density at radius 1 is 1.19 bits per heavy atom. The van der Waals surface area contributed by atoms with E-state index in [1.54, 1.807) is 4.90 Å². The minimum atomic E-state index is -0.820. The molecule has 142 valence electrons. The normalized spacial score (nSPS) is 19.1. The predicted molar refractivity (Wildman–Crippen MR) is 101 cm³/mol. The molecule has 1 N–H and O–H groups in total. The van der Waals surface area contributed by atoms with Crippen LogP contribution in [0.15, 0.2) is 24.3 Å². The van der Waals surface area contributed by atoms with Crippen molar-refractivity contribution in [3.05, 3.63) is 46.8 Å². The first-order chi connectivity index (χ1) is 13.1. The third kappa shape index (κ3) is 3.24.